The number of aromatic nitrogens is 4. The lowest BCUT2D eigenvalue weighted by Crippen LogP contribution is -2.10. The van der Waals surface area contributed by atoms with Crippen LogP contribution in [0.4, 0.5) is 5.82 Å². The fraction of sp³-hybridized carbons (Fsp3) is 0.533. The van der Waals surface area contributed by atoms with Crippen LogP contribution in [0, 0.1) is 0 Å². The van der Waals surface area contributed by atoms with Crippen molar-refractivity contribution in [3.8, 4) is 0 Å². The van der Waals surface area contributed by atoms with E-state index in [9.17, 15) is 0 Å². The van der Waals surface area contributed by atoms with Crippen molar-refractivity contribution in [1.82, 2.24) is 19.7 Å². The second-order valence-electron chi connectivity index (χ2n) is 5.41. The Hall–Kier alpha value is -1.91. The topological polar surface area (TPSA) is 55.6 Å². The lowest BCUT2D eigenvalue weighted by Gasteiger charge is -2.11. The number of rotatable bonds is 4. The lowest BCUT2D eigenvalue weighted by molar-refractivity contribution is 0.708. The Morgan fingerprint density at radius 1 is 1.20 bits per heavy atom. The molecule has 2 aromatic heterocycles. The lowest BCUT2D eigenvalue weighted by atomic mass is 10.1. The van der Waals surface area contributed by atoms with Crippen molar-refractivity contribution < 1.29 is 0 Å². The van der Waals surface area contributed by atoms with E-state index in [0.717, 1.165) is 31.6 Å². The van der Waals surface area contributed by atoms with Crippen LogP contribution in [-0.4, -0.2) is 26.3 Å². The Kier molecular flexibility index (Phi) is 3.95. The maximum atomic E-state index is 4.45. The molecule has 2 heterocycles. The largest absolute Gasteiger partial charge is 0.369 e. The monoisotopic (exact) mass is 271 g/mol. The summed E-state index contributed by atoms with van der Waals surface area (Å²) in [5.41, 5.74) is 3.82. The zero-order valence-corrected chi connectivity index (χ0v) is 12.0. The zero-order chi connectivity index (χ0) is 13.8. The molecule has 5 nitrogen and oxygen atoms in total. The SMILES string of the molecule is Cn1cc(CCNc2ncnc3c2CCCCC3)cn1. The molecule has 1 N–H and O–H groups in total. The molecule has 5 heteroatoms. The number of hydrogen-bond acceptors (Lipinski definition) is 4. The van der Waals surface area contributed by atoms with Gasteiger partial charge in [0.15, 0.2) is 0 Å². The number of nitrogens with one attached hydrogen (secondary N) is 1. The molecule has 3 rings (SSSR count). The third kappa shape index (κ3) is 2.98. The minimum Gasteiger partial charge on any atom is -0.369 e. The first-order valence-electron chi connectivity index (χ1n) is 7.37. The predicted molar refractivity (Wildman–Crippen MR) is 78.7 cm³/mol. The molecule has 0 spiro atoms. The van der Waals surface area contributed by atoms with E-state index in [2.05, 4.69) is 26.6 Å². The van der Waals surface area contributed by atoms with Gasteiger partial charge in [0, 0.05) is 31.0 Å². The second kappa shape index (κ2) is 6.03. The molecule has 0 saturated carbocycles. The van der Waals surface area contributed by atoms with E-state index in [1.165, 1.54) is 36.1 Å². The highest BCUT2D eigenvalue weighted by molar-refractivity contribution is 5.46. The van der Waals surface area contributed by atoms with Crippen LogP contribution >= 0.6 is 0 Å². The van der Waals surface area contributed by atoms with Crippen LogP contribution in [0.5, 0.6) is 0 Å². The summed E-state index contributed by atoms with van der Waals surface area (Å²) in [4.78, 5) is 8.87. The summed E-state index contributed by atoms with van der Waals surface area (Å²) in [6, 6.07) is 0. The van der Waals surface area contributed by atoms with Crippen molar-refractivity contribution in [2.24, 2.45) is 7.05 Å². The van der Waals surface area contributed by atoms with Crippen LogP contribution in [0.1, 0.15) is 36.1 Å². The molecule has 0 amide bonds. The minimum atomic E-state index is 0.884. The Bertz CT molecular complexity index is 575. The number of aryl methyl sites for hydroxylation is 2. The van der Waals surface area contributed by atoms with Crippen molar-refractivity contribution in [3.63, 3.8) is 0 Å². The summed E-state index contributed by atoms with van der Waals surface area (Å²) in [5.74, 6) is 1.03. The first-order chi connectivity index (χ1) is 9.83. The normalized spacial score (nSPS) is 14.7. The molecule has 106 valence electrons. The standard InChI is InChI=1S/C15H21N5/c1-20-10-12(9-19-20)7-8-16-15-13-5-3-2-4-6-14(13)17-11-18-15/h9-11H,2-8H2,1H3,(H,16,17,18). The van der Waals surface area contributed by atoms with Gasteiger partial charge in [0.1, 0.15) is 12.1 Å². The summed E-state index contributed by atoms with van der Waals surface area (Å²) in [5, 5.41) is 7.66. The Balaban J connectivity index is 1.65. The van der Waals surface area contributed by atoms with Crippen molar-refractivity contribution in [3.05, 3.63) is 35.5 Å². The number of fused-ring (bicyclic) bond motifs is 1. The Labute approximate surface area is 119 Å². The van der Waals surface area contributed by atoms with E-state index in [4.69, 9.17) is 0 Å². The summed E-state index contributed by atoms with van der Waals surface area (Å²) in [6.07, 6.45) is 12.6. The highest BCUT2D eigenvalue weighted by Gasteiger charge is 2.13. The molecule has 0 bridgehead atoms. The number of hydrogen-bond donors (Lipinski definition) is 1. The van der Waals surface area contributed by atoms with Crippen molar-refractivity contribution in [2.45, 2.75) is 38.5 Å². The van der Waals surface area contributed by atoms with Crippen LogP contribution in [0.25, 0.3) is 0 Å². The molecule has 0 unspecified atom stereocenters. The Morgan fingerprint density at radius 2 is 2.10 bits per heavy atom. The summed E-state index contributed by atoms with van der Waals surface area (Å²) in [7, 11) is 1.95. The van der Waals surface area contributed by atoms with E-state index >= 15 is 0 Å². The van der Waals surface area contributed by atoms with Gasteiger partial charge < -0.3 is 5.32 Å². The average molecular weight is 271 g/mol. The van der Waals surface area contributed by atoms with Gasteiger partial charge in [-0.2, -0.15) is 5.10 Å². The van der Waals surface area contributed by atoms with Crippen LogP contribution < -0.4 is 5.32 Å². The molecule has 2 aromatic rings. The average Bonchev–Trinajstić information content (AvgIpc) is 2.73. The third-order valence-corrected chi connectivity index (χ3v) is 3.84. The molecule has 0 atom stereocenters. The van der Waals surface area contributed by atoms with Crippen LogP contribution in [0.2, 0.25) is 0 Å². The number of nitrogens with zero attached hydrogens (tertiary/aromatic N) is 4. The van der Waals surface area contributed by atoms with Gasteiger partial charge in [0.2, 0.25) is 0 Å². The highest BCUT2D eigenvalue weighted by Crippen LogP contribution is 2.23. The fourth-order valence-electron chi connectivity index (χ4n) is 2.78. The van der Waals surface area contributed by atoms with Gasteiger partial charge in [0.25, 0.3) is 0 Å². The van der Waals surface area contributed by atoms with Gasteiger partial charge in [-0.15, -0.1) is 0 Å². The van der Waals surface area contributed by atoms with Crippen LogP contribution in [0.3, 0.4) is 0 Å². The van der Waals surface area contributed by atoms with Gasteiger partial charge in [0.05, 0.1) is 6.20 Å². The smallest absolute Gasteiger partial charge is 0.132 e. The van der Waals surface area contributed by atoms with Crippen molar-refractivity contribution in [2.75, 3.05) is 11.9 Å². The van der Waals surface area contributed by atoms with E-state index in [1.807, 2.05) is 17.9 Å². The van der Waals surface area contributed by atoms with Gasteiger partial charge in [-0.05, 0) is 37.7 Å². The summed E-state index contributed by atoms with van der Waals surface area (Å²) >= 11 is 0. The van der Waals surface area contributed by atoms with Gasteiger partial charge in [-0.3, -0.25) is 4.68 Å². The molecule has 0 fully saturated rings. The molecule has 1 aliphatic carbocycles. The maximum absolute atomic E-state index is 4.45. The van der Waals surface area contributed by atoms with Crippen molar-refractivity contribution >= 4 is 5.82 Å². The van der Waals surface area contributed by atoms with E-state index in [0.29, 0.717) is 0 Å². The van der Waals surface area contributed by atoms with Crippen LogP contribution in [0.15, 0.2) is 18.7 Å². The van der Waals surface area contributed by atoms with Gasteiger partial charge >= 0.3 is 0 Å². The molecule has 0 saturated heterocycles. The highest BCUT2D eigenvalue weighted by atomic mass is 15.2. The summed E-state index contributed by atoms with van der Waals surface area (Å²) in [6.45, 7) is 0.884. The van der Waals surface area contributed by atoms with E-state index in [1.54, 1.807) is 6.33 Å². The Morgan fingerprint density at radius 3 is 2.95 bits per heavy atom. The molecular formula is C15H21N5. The fourth-order valence-corrected chi connectivity index (χ4v) is 2.78. The maximum Gasteiger partial charge on any atom is 0.132 e. The van der Waals surface area contributed by atoms with E-state index in [-0.39, 0.29) is 0 Å². The van der Waals surface area contributed by atoms with Gasteiger partial charge in [-0.1, -0.05) is 6.42 Å². The second-order valence-corrected chi connectivity index (χ2v) is 5.41. The molecule has 0 aliphatic heterocycles. The van der Waals surface area contributed by atoms with Crippen molar-refractivity contribution in [1.29, 1.82) is 0 Å². The van der Waals surface area contributed by atoms with Crippen LogP contribution in [-0.2, 0) is 26.3 Å². The minimum absolute atomic E-state index is 0.884. The first kappa shape index (κ1) is 13.1. The first-order valence-corrected chi connectivity index (χ1v) is 7.37. The summed E-state index contributed by atoms with van der Waals surface area (Å²) < 4.78 is 1.84. The number of anilines is 1. The molecule has 0 aromatic carbocycles. The predicted octanol–water partition coefficient (Wildman–Crippen LogP) is 2.13. The quantitative estimate of drug-likeness (QED) is 0.866. The molecule has 0 radical (unpaired) electrons. The van der Waals surface area contributed by atoms with E-state index < -0.39 is 0 Å². The van der Waals surface area contributed by atoms with Gasteiger partial charge in [-0.25, -0.2) is 9.97 Å². The third-order valence-electron chi connectivity index (χ3n) is 3.84. The molecule has 1 aliphatic rings. The molecule has 20 heavy (non-hydrogen) atoms. The zero-order valence-electron chi connectivity index (χ0n) is 12.0. The molecular weight excluding hydrogens is 250 g/mol.